The van der Waals surface area contributed by atoms with Crippen molar-refractivity contribution in [1.82, 2.24) is 4.98 Å². The Hall–Kier alpha value is -1.96. The highest BCUT2D eigenvalue weighted by Crippen LogP contribution is 2.29. The van der Waals surface area contributed by atoms with E-state index in [9.17, 15) is 0 Å². The van der Waals surface area contributed by atoms with Gasteiger partial charge in [-0.1, -0.05) is 23.2 Å². The molecule has 0 N–H and O–H groups in total. The molecule has 1 aromatic carbocycles. The maximum absolute atomic E-state index is 9.16. The minimum Gasteiger partial charge on any atom is -0.488 e. The van der Waals surface area contributed by atoms with E-state index in [1.165, 1.54) is 0 Å². The molecule has 1 fully saturated rings. The fourth-order valence-electron chi connectivity index (χ4n) is 2.50. The number of pyridine rings is 1. The van der Waals surface area contributed by atoms with Crippen LogP contribution >= 0.6 is 23.2 Å². The van der Waals surface area contributed by atoms with E-state index in [-0.39, 0.29) is 6.10 Å². The van der Waals surface area contributed by atoms with Gasteiger partial charge >= 0.3 is 0 Å². The van der Waals surface area contributed by atoms with Crippen molar-refractivity contribution in [3.63, 3.8) is 0 Å². The van der Waals surface area contributed by atoms with Crippen LogP contribution in [0.5, 0.6) is 5.75 Å². The van der Waals surface area contributed by atoms with Gasteiger partial charge in [0.15, 0.2) is 0 Å². The number of hydrogen-bond donors (Lipinski definition) is 0. The predicted octanol–water partition coefficient (Wildman–Crippen LogP) is 3.92. The summed E-state index contributed by atoms with van der Waals surface area (Å²) in [6.07, 6.45) is 2.59. The van der Waals surface area contributed by atoms with Gasteiger partial charge in [-0.2, -0.15) is 5.26 Å². The van der Waals surface area contributed by atoms with E-state index < -0.39 is 0 Å². The average Bonchev–Trinajstić information content (AvgIpc) is 2.99. The lowest BCUT2D eigenvalue weighted by Crippen LogP contribution is -2.25. The topological polar surface area (TPSA) is 49.2 Å². The van der Waals surface area contributed by atoms with E-state index in [1.807, 2.05) is 0 Å². The third-order valence-electron chi connectivity index (χ3n) is 3.55. The van der Waals surface area contributed by atoms with E-state index in [1.54, 1.807) is 36.5 Å². The zero-order chi connectivity index (χ0) is 15.5. The highest BCUT2D eigenvalue weighted by molar-refractivity contribution is 6.42. The molecule has 112 valence electrons. The van der Waals surface area contributed by atoms with Crippen LogP contribution < -0.4 is 9.64 Å². The number of nitrogens with zero attached hydrogens (tertiary/aromatic N) is 3. The van der Waals surface area contributed by atoms with Gasteiger partial charge in [-0.05, 0) is 24.3 Å². The van der Waals surface area contributed by atoms with Crippen LogP contribution in [0.4, 0.5) is 5.82 Å². The van der Waals surface area contributed by atoms with Gasteiger partial charge in [0.1, 0.15) is 23.7 Å². The maximum atomic E-state index is 9.16. The number of ether oxygens (including phenoxy) is 1. The summed E-state index contributed by atoms with van der Waals surface area (Å²) in [6.45, 7) is 1.49. The first-order valence-electron chi connectivity index (χ1n) is 6.89. The Morgan fingerprint density at radius 2 is 2.14 bits per heavy atom. The van der Waals surface area contributed by atoms with Crippen LogP contribution in [-0.4, -0.2) is 24.2 Å². The molecule has 1 aromatic heterocycles. The zero-order valence-electron chi connectivity index (χ0n) is 11.7. The van der Waals surface area contributed by atoms with Crippen molar-refractivity contribution in [2.75, 3.05) is 18.0 Å². The van der Waals surface area contributed by atoms with Gasteiger partial charge in [0.2, 0.25) is 0 Å². The number of benzene rings is 1. The van der Waals surface area contributed by atoms with E-state index >= 15 is 0 Å². The molecule has 6 heteroatoms. The molecular formula is C16H13Cl2N3O. The number of nitriles is 1. The van der Waals surface area contributed by atoms with Crippen molar-refractivity contribution < 1.29 is 4.74 Å². The highest BCUT2D eigenvalue weighted by atomic mass is 35.5. The van der Waals surface area contributed by atoms with Gasteiger partial charge in [0.05, 0.1) is 22.2 Å². The SMILES string of the molecule is N#Cc1cccnc1N1CCC(Oc2ccc(Cl)c(Cl)c2)C1. The van der Waals surface area contributed by atoms with Crippen molar-refractivity contribution in [2.24, 2.45) is 0 Å². The second kappa shape index (κ2) is 6.43. The minimum atomic E-state index is 0.0331. The Balaban J connectivity index is 1.70. The van der Waals surface area contributed by atoms with E-state index in [2.05, 4.69) is 16.0 Å². The summed E-state index contributed by atoms with van der Waals surface area (Å²) in [6, 6.07) is 11.0. The van der Waals surface area contributed by atoms with Crippen LogP contribution in [0.15, 0.2) is 36.5 Å². The van der Waals surface area contributed by atoms with Crippen LogP contribution in [-0.2, 0) is 0 Å². The first-order valence-corrected chi connectivity index (χ1v) is 7.65. The summed E-state index contributed by atoms with van der Waals surface area (Å²) in [7, 11) is 0. The summed E-state index contributed by atoms with van der Waals surface area (Å²) >= 11 is 11.9. The van der Waals surface area contributed by atoms with Crippen molar-refractivity contribution in [3.05, 3.63) is 52.1 Å². The van der Waals surface area contributed by atoms with Gasteiger partial charge < -0.3 is 9.64 Å². The number of aromatic nitrogens is 1. The molecule has 2 aromatic rings. The summed E-state index contributed by atoms with van der Waals surface area (Å²) in [4.78, 5) is 6.38. The van der Waals surface area contributed by atoms with E-state index in [0.717, 1.165) is 13.0 Å². The Bertz CT molecular complexity index is 730. The standard InChI is InChI=1S/C16H13Cl2N3O/c17-14-4-3-12(8-15(14)18)22-13-5-7-21(10-13)16-11(9-19)2-1-6-20-16/h1-4,6,8,13H,5,7,10H2. The molecule has 0 radical (unpaired) electrons. The second-order valence-electron chi connectivity index (χ2n) is 5.04. The molecule has 1 atom stereocenters. The summed E-state index contributed by atoms with van der Waals surface area (Å²) in [5.41, 5.74) is 0.581. The lowest BCUT2D eigenvalue weighted by atomic mass is 10.2. The van der Waals surface area contributed by atoms with Gasteiger partial charge in [-0.3, -0.25) is 0 Å². The Kier molecular flexibility index (Phi) is 4.37. The quantitative estimate of drug-likeness (QED) is 0.854. The number of rotatable bonds is 3. The monoisotopic (exact) mass is 333 g/mol. The normalized spacial score (nSPS) is 17.3. The molecule has 0 amide bonds. The fourth-order valence-corrected chi connectivity index (χ4v) is 2.78. The molecule has 1 aliphatic heterocycles. The first kappa shape index (κ1) is 15.0. The van der Waals surface area contributed by atoms with Crippen LogP contribution in [0.3, 0.4) is 0 Å². The predicted molar refractivity (Wildman–Crippen MR) is 86.7 cm³/mol. The van der Waals surface area contributed by atoms with Gasteiger partial charge in [-0.15, -0.1) is 0 Å². The van der Waals surface area contributed by atoms with Crippen molar-refractivity contribution >= 4 is 29.0 Å². The van der Waals surface area contributed by atoms with Crippen LogP contribution in [0, 0.1) is 11.3 Å². The van der Waals surface area contributed by atoms with E-state index in [4.69, 9.17) is 33.2 Å². The smallest absolute Gasteiger partial charge is 0.146 e. The summed E-state index contributed by atoms with van der Waals surface area (Å²) in [5.74, 6) is 1.41. The summed E-state index contributed by atoms with van der Waals surface area (Å²) < 4.78 is 5.94. The molecule has 1 unspecified atom stereocenters. The average molecular weight is 334 g/mol. The number of halogens is 2. The van der Waals surface area contributed by atoms with Gasteiger partial charge in [0.25, 0.3) is 0 Å². The Morgan fingerprint density at radius 1 is 1.27 bits per heavy atom. The molecule has 2 heterocycles. The molecule has 4 nitrogen and oxygen atoms in total. The van der Waals surface area contributed by atoms with Gasteiger partial charge in [-0.25, -0.2) is 4.98 Å². The number of hydrogen-bond acceptors (Lipinski definition) is 4. The summed E-state index contributed by atoms with van der Waals surface area (Å²) in [5, 5.41) is 10.1. The molecule has 1 aliphatic rings. The zero-order valence-corrected chi connectivity index (χ0v) is 13.2. The van der Waals surface area contributed by atoms with Crippen molar-refractivity contribution in [3.8, 4) is 11.8 Å². The third kappa shape index (κ3) is 3.11. The molecule has 0 bridgehead atoms. The number of anilines is 1. The molecule has 0 spiro atoms. The molecule has 22 heavy (non-hydrogen) atoms. The van der Waals surface area contributed by atoms with E-state index in [0.29, 0.717) is 33.7 Å². The minimum absolute atomic E-state index is 0.0331. The molecule has 1 saturated heterocycles. The Morgan fingerprint density at radius 3 is 2.91 bits per heavy atom. The molecule has 0 aliphatic carbocycles. The van der Waals surface area contributed by atoms with Crippen LogP contribution in [0.2, 0.25) is 10.0 Å². The Labute approximate surface area is 138 Å². The highest BCUT2D eigenvalue weighted by Gasteiger charge is 2.26. The largest absolute Gasteiger partial charge is 0.488 e. The molecular weight excluding hydrogens is 321 g/mol. The first-order chi connectivity index (χ1) is 10.7. The fraction of sp³-hybridized carbons (Fsp3) is 0.250. The van der Waals surface area contributed by atoms with Crippen LogP contribution in [0.25, 0.3) is 0 Å². The van der Waals surface area contributed by atoms with Gasteiger partial charge in [0, 0.05) is 25.2 Å². The maximum Gasteiger partial charge on any atom is 0.146 e. The second-order valence-corrected chi connectivity index (χ2v) is 5.85. The van der Waals surface area contributed by atoms with Crippen LogP contribution in [0.1, 0.15) is 12.0 Å². The lowest BCUT2D eigenvalue weighted by Gasteiger charge is -2.19. The lowest BCUT2D eigenvalue weighted by molar-refractivity contribution is 0.225. The molecule has 0 saturated carbocycles. The van der Waals surface area contributed by atoms with Crippen molar-refractivity contribution in [1.29, 1.82) is 5.26 Å². The van der Waals surface area contributed by atoms with Crippen molar-refractivity contribution in [2.45, 2.75) is 12.5 Å². The third-order valence-corrected chi connectivity index (χ3v) is 4.28. The molecule has 3 rings (SSSR count).